The van der Waals surface area contributed by atoms with Crippen LogP contribution in [0.3, 0.4) is 0 Å². The van der Waals surface area contributed by atoms with Crippen LogP contribution < -0.4 is 5.73 Å². The second-order valence-electron chi connectivity index (χ2n) is 4.29. The third-order valence-electron chi connectivity index (χ3n) is 3.39. The molecule has 15 heavy (non-hydrogen) atoms. The summed E-state index contributed by atoms with van der Waals surface area (Å²) < 4.78 is 4.28. The fraction of sp³-hybridized carbons (Fsp3) is 0.545. The highest BCUT2D eigenvalue weighted by Gasteiger charge is 2.19. The number of nitrogens with zero attached hydrogens (tertiary/aromatic N) is 3. The van der Waals surface area contributed by atoms with Crippen molar-refractivity contribution < 1.29 is 0 Å². The van der Waals surface area contributed by atoms with Gasteiger partial charge in [-0.05, 0) is 12.8 Å². The Kier molecular flexibility index (Phi) is 2.02. The molecule has 0 aliphatic heterocycles. The van der Waals surface area contributed by atoms with E-state index in [0.717, 1.165) is 5.56 Å². The summed E-state index contributed by atoms with van der Waals surface area (Å²) in [5.41, 5.74) is 8.05. The molecule has 0 unspecified atom stereocenters. The molecule has 80 valence electrons. The van der Waals surface area contributed by atoms with E-state index in [-0.39, 0.29) is 0 Å². The summed E-state index contributed by atoms with van der Waals surface area (Å²) in [6.07, 6.45) is 11.3. The van der Waals surface area contributed by atoms with E-state index in [4.69, 9.17) is 5.73 Å². The normalized spacial score (nSPS) is 17.9. The summed E-state index contributed by atoms with van der Waals surface area (Å²) in [5.74, 6) is 0. The van der Waals surface area contributed by atoms with Crippen molar-refractivity contribution >= 4 is 5.65 Å². The van der Waals surface area contributed by atoms with E-state index in [9.17, 15) is 0 Å². The Hall–Kier alpha value is -1.29. The quantitative estimate of drug-likeness (QED) is 0.809. The van der Waals surface area contributed by atoms with Crippen LogP contribution in [0.15, 0.2) is 18.6 Å². The van der Waals surface area contributed by atoms with Crippen LogP contribution in [0.4, 0.5) is 0 Å². The largest absolute Gasteiger partial charge is 0.328 e. The van der Waals surface area contributed by atoms with Crippen molar-refractivity contribution in [2.24, 2.45) is 5.73 Å². The van der Waals surface area contributed by atoms with Gasteiger partial charge < -0.3 is 10.3 Å². The van der Waals surface area contributed by atoms with Gasteiger partial charge in [-0.15, -0.1) is 0 Å². The molecule has 2 aromatic rings. The first-order valence-corrected chi connectivity index (χ1v) is 5.63. The topological polar surface area (TPSA) is 48.2 Å². The molecule has 0 bridgehead atoms. The molecule has 1 saturated carbocycles. The average molecular weight is 204 g/mol. The van der Waals surface area contributed by atoms with E-state index >= 15 is 0 Å². The predicted molar refractivity (Wildman–Crippen MR) is 58.6 cm³/mol. The first kappa shape index (κ1) is 8.97. The van der Waals surface area contributed by atoms with Gasteiger partial charge in [-0.2, -0.15) is 5.10 Å². The number of nitrogens with two attached hydrogens (primary N) is 1. The summed E-state index contributed by atoms with van der Waals surface area (Å²) in [6, 6.07) is 0.657. The van der Waals surface area contributed by atoms with Gasteiger partial charge in [0.05, 0.1) is 6.20 Å². The minimum Gasteiger partial charge on any atom is -0.328 e. The highest BCUT2D eigenvalue weighted by atomic mass is 15.3. The second-order valence-corrected chi connectivity index (χ2v) is 4.29. The fourth-order valence-electron chi connectivity index (χ4n) is 2.61. The molecule has 0 atom stereocenters. The standard InChI is InChI=1S/C11H16N4/c12-7-9-8-13-15-6-5-14(11(9)15)10-3-1-2-4-10/h5-6,8,10H,1-4,7,12H2. The molecule has 0 radical (unpaired) electrons. The number of fused-ring (bicyclic) bond motifs is 1. The average Bonchev–Trinajstić information content (AvgIpc) is 2.94. The van der Waals surface area contributed by atoms with Crippen LogP contribution in [0.25, 0.3) is 5.65 Å². The lowest BCUT2D eigenvalue weighted by Crippen LogP contribution is -2.06. The Morgan fingerprint density at radius 3 is 2.87 bits per heavy atom. The first-order valence-electron chi connectivity index (χ1n) is 5.63. The summed E-state index contributed by atoms with van der Waals surface area (Å²) in [6.45, 7) is 0.570. The van der Waals surface area contributed by atoms with Gasteiger partial charge in [0.1, 0.15) is 5.65 Å². The molecule has 3 rings (SSSR count). The molecule has 1 aliphatic carbocycles. The maximum absolute atomic E-state index is 5.72. The van der Waals surface area contributed by atoms with Crippen molar-refractivity contribution in [2.45, 2.75) is 38.3 Å². The molecule has 0 amide bonds. The summed E-state index contributed by atoms with van der Waals surface area (Å²) >= 11 is 0. The van der Waals surface area contributed by atoms with Gasteiger partial charge in [0.15, 0.2) is 0 Å². The zero-order chi connectivity index (χ0) is 10.3. The third-order valence-corrected chi connectivity index (χ3v) is 3.39. The molecule has 0 aromatic carbocycles. The minimum atomic E-state index is 0.570. The van der Waals surface area contributed by atoms with Crippen LogP contribution in [0, 0.1) is 0 Å². The van der Waals surface area contributed by atoms with Gasteiger partial charge in [-0.3, -0.25) is 0 Å². The van der Waals surface area contributed by atoms with Gasteiger partial charge in [0, 0.05) is 30.5 Å². The highest BCUT2D eigenvalue weighted by Crippen LogP contribution is 2.31. The van der Waals surface area contributed by atoms with Crippen molar-refractivity contribution in [3.8, 4) is 0 Å². The van der Waals surface area contributed by atoms with Crippen LogP contribution in [0.5, 0.6) is 0 Å². The number of imidazole rings is 1. The fourth-order valence-corrected chi connectivity index (χ4v) is 2.61. The van der Waals surface area contributed by atoms with Crippen LogP contribution in [0.2, 0.25) is 0 Å². The van der Waals surface area contributed by atoms with Crippen molar-refractivity contribution in [3.63, 3.8) is 0 Å². The SMILES string of the molecule is NCc1cnn2ccn(C3CCCC3)c12. The van der Waals surface area contributed by atoms with Crippen LogP contribution in [-0.4, -0.2) is 14.2 Å². The number of rotatable bonds is 2. The van der Waals surface area contributed by atoms with E-state index in [0.29, 0.717) is 12.6 Å². The van der Waals surface area contributed by atoms with Crippen LogP contribution >= 0.6 is 0 Å². The first-order chi connectivity index (χ1) is 7.40. The smallest absolute Gasteiger partial charge is 0.140 e. The van der Waals surface area contributed by atoms with Crippen molar-refractivity contribution in [3.05, 3.63) is 24.2 Å². The molecule has 1 aliphatic rings. The maximum atomic E-state index is 5.72. The number of hydrogen-bond acceptors (Lipinski definition) is 2. The molecule has 4 heteroatoms. The monoisotopic (exact) mass is 204 g/mol. The third kappa shape index (κ3) is 1.28. The highest BCUT2D eigenvalue weighted by molar-refractivity contribution is 5.48. The zero-order valence-corrected chi connectivity index (χ0v) is 8.76. The maximum Gasteiger partial charge on any atom is 0.140 e. The zero-order valence-electron chi connectivity index (χ0n) is 8.76. The molecule has 4 nitrogen and oxygen atoms in total. The Bertz CT molecular complexity index is 462. The van der Waals surface area contributed by atoms with E-state index in [1.165, 1.54) is 31.3 Å². The molecule has 2 aromatic heterocycles. The van der Waals surface area contributed by atoms with Gasteiger partial charge >= 0.3 is 0 Å². The van der Waals surface area contributed by atoms with E-state index in [1.807, 2.05) is 16.9 Å². The van der Waals surface area contributed by atoms with Gasteiger partial charge in [-0.25, -0.2) is 4.52 Å². The molecular weight excluding hydrogens is 188 g/mol. The van der Waals surface area contributed by atoms with Gasteiger partial charge in [0.2, 0.25) is 0 Å². The van der Waals surface area contributed by atoms with Crippen molar-refractivity contribution in [1.29, 1.82) is 0 Å². The van der Waals surface area contributed by atoms with Gasteiger partial charge in [-0.1, -0.05) is 12.8 Å². The lowest BCUT2D eigenvalue weighted by Gasteiger charge is -2.12. The number of aromatic nitrogens is 3. The van der Waals surface area contributed by atoms with E-state index in [2.05, 4.69) is 15.9 Å². The van der Waals surface area contributed by atoms with E-state index < -0.39 is 0 Å². The Balaban J connectivity index is 2.12. The lowest BCUT2D eigenvalue weighted by atomic mass is 10.2. The molecule has 0 saturated heterocycles. The van der Waals surface area contributed by atoms with Crippen molar-refractivity contribution in [2.75, 3.05) is 0 Å². The molecule has 2 heterocycles. The van der Waals surface area contributed by atoms with Crippen LogP contribution in [-0.2, 0) is 6.54 Å². The summed E-state index contributed by atoms with van der Waals surface area (Å²) in [7, 11) is 0. The summed E-state index contributed by atoms with van der Waals surface area (Å²) in [5, 5.41) is 4.30. The molecular formula is C11H16N4. The Morgan fingerprint density at radius 2 is 2.13 bits per heavy atom. The lowest BCUT2D eigenvalue weighted by molar-refractivity contribution is 0.532. The predicted octanol–water partition coefficient (Wildman–Crippen LogP) is 1.71. The van der Waals surface area contributed by atoms with E-state index in [1.54, 1.807) is 0 Å². The summed E-state index contributed by atoms with van der Waals surface area (Å²) in [4.78, 5) is 0. The second kappa shape index (κ2) is 3.38. The Morgan fingerprint density at radius 1 is 1.33 bits per heavy atom. The Labute approximate surface area is 88.7 Å². The molecule has 2 N–H and O–H groups in total. The van der Waals surface area contributed by atoms with Crippen molar-refractivity contribution in [1.82, 2.24) is 14.2 Å². The minimum absolute atomic E-state index is 0.570. The molecule has 1 fully saturated rings. The van der Waals surface area contributed by atoms with Gasteiger partial charge in [0.25, 0.3) is 0 Å². The van der Waals surface area contributed by atoms with Crippen LogP contribution in [0.1, 0.15) is 37.3 Å². The number of hydrogen-bond donors (Lipinski definition) is 1. The molecule has 0 spiro atoms.